The number of carboxylic acid groups (broad SMARTS) is 1. The van der Waals surface area contributed by atoms with Crippen molar-refractivity contribution in [2.75, 3.05) is 0 Å². The quantitative estimate of drug-likeness (QED) is 0.822. The summed E-state index contributed by atoms with van der Waals surface area (Å²) in [6.07, 6.45) is -0.873. The summed E-state index contributed by atoms with van der Waals surface area (Å²) in [6, 6.07) is 13.5. The van der Waals surface area contributed by atoms with E-state index in [4.69, 9.17) is 11.0 Å². The number of hydrogen-bond acceptors (Lipinski definition) is 3. The molecule has 1 unspecified atom stereocenters. The Kier molecular flexibility index (Phi) is 4.45. The van der Waals surface area contributed by atoms with Crippen LogP contribution in [0.25, 0.3) is 11.1 Å². The summed E-state index contributed by atoms with van der Waals surface area (Å²) in [7, 11) is 0. The number of rotatable bonds is 5. The Morgan fingerprint density at radius 1 is 1.10 bits per heavy atom. The third-order valence-electron chi connectivity index (χ3n) is 2.99. The van der Waals surface area contributed by atoms with Crippen LogP contribution in [0.3, 0.4) is 0 Å². The molecule has 0 bridgehead atoms. The average Bonchev–Trinajstić information content (AvgIpc) is 2.46. The van der Waals surface area contributed by atoms with Crippen LogP contribution < -0.4 is 5.90 Å². The molecule has 2 rings (SSSR count). The van der Waals surface area contributed by atoms with Crippen molar-refractivity contribution in [1.82, 2.24) is 0 Å². The molecule has 20 heavy (non-hydrogen) atoms. The fraction of sp³-hybridized carbons (Fsp3) is 0.133. The van der Waals surface area contributed by atoms with Gasteiger partial charge < -0.3 is 5.11 Å². The number of hydrogen-bond donors (Lipinski definition) is 2. The maximum absolute atomic E-state index is 12.8. The molecule has 0 radical (unpaired) electrons. The van der Waals surface area contributed by atoms with Gasteiger partial charge in [0, 0.05) is 6.42 Å². The van der Waals surface area contributed by atoms with Crippen molar-refractivity contribution in [2.45, 2.75) is 12.5 Å². The summed E-state index contributed by atoms with van der Waals surface area (Å²) in [4.78, 5) is 15.2. The highest BCUT2D eigenvalue weighted by Gasteiger charge is 2.17. The molecule has 0 amide bonds. The monoisotopic (exact) mass is 275 g/mol. The zero-order valence-corrected chi connectivity index (χ0v) is 10.6. The van der Waals surface area contributed by atoms with Crippen LogP contribution in [0.2, 0.25) is 0 Å². The molecule has 0 aliphatic carbocycles. The predicted octanol–water partition coefficient (Wildman–Crippen LogP) is 2.38. The minimum Gasteiger partial charge on any atom is -0.479 e. The van der Waals surface area contributed by atoms with Gasteiger partial charge in [-0.25, -0.2) is 15.1 Å². The molecule has 0 aromatic heterocycles. The Hall–Kier alpha value is -2.24. The van der Waals surface area contributed by atoms with Crippen molar-refractivity contribution in [2.24, 2.45) is 5.90 Å². The lowest BCUT2D eigenvalue weighted by atomic mass is 10.0. The maximum Gasteiger partial charge on any atom is 0.335 e. The molecule has 2 aromatic carbocycles. The first-order chi connectivity index (χ1) is 9.60. The van der Waals surface area contributed by atoms with Gasteiger partial charge in [-0.3, -0.25) is 4.84 Å². The van der Waals surface area contributed by atoms with Crippen LogP contribution in [0.1, 0.15) is 5.56 Å². The van der Waals surface area contributed by atoms with Gasteiger partial charge in [0.05, 0.1) is 0 Å². The molecule has 0 heterocycles. The Bertz CT molecular complexity index is 581. The molecule has 0 aliphatic rings. The van der Waals surface area contributed by atoms with E-state index < -0.39 is 12.1 Å². The lowest BCUT2D eigenvalue weighted by molar-refractivity contribution is -0.150. The largest absolute Gasteiger partial charge is 0.479 e. The van der Waals surface area contributed by atoms with Crippen LogP contribution in [0.15, 0.2) is 48.5 Å². The van der Waals surface area contributed by atoms with Crippen molar-refractivity contribution < 1.29 is 19.1 Å². The topological polar surface area (TPSA) is 72.5 Å². The molecule has 0 saturated heterocycles. The Labute approximate surface area is 115 Å². The van der Waals surface area contributed by atoms with E-state index in [2.05, 4.69) is 4.84 Å². The standard InChI is InChI=1S/C15H14FNO3/c16-13-7-5-12(6-8-13)11-3-1-10(2-4-11)9-14(20-17)15(18)19/h1-8,14H,9,17H2,(H,18,19). The molecule has 4 nitrogen and oxygen atoms in total. The molecule has 1 atom stereocenters. The van der Waals surface area contributed by atoms with E-state index in [9.17, 15) is 9.18 Å². The minimum absolute atomic E-state index is 0.190. The van der Waals surface area contributed by atoms with Gasteiger partial charge in [-0.15, -0.1) is 0 Å². The third kappa shape index (κ3) is 3.40. The Balaban J connectivity index is 2.13. The molecule has 0 spiro atoms. The lowest BCUT2D eigenvalue weighted by Crippen LogP contribution is -2.29. The second-order valence-electron chi connectivity index (χ2n) is 4.37. The smallest absolute Gasteiger partial charge is 0.335 e. The first-order valence-electron chi connectivity index (χ1n) is 6.03. The van der Waals surface area contributed by atoms with Crippen LogP contribution in [0.5, 0.6) is 0 Å². The molecular weight excluding hydrogens is 261 g/mol. The number of benzene rings is 2. The minimum atomic E-state index is -1.10. The third-order valence-corrected chi connectivity index (χ3v) is 2.99. The van der Waals surface area contributed by atoms with Crippen molar-refractivity contribution in [1.29, 1.82) is 0 Å². The summed E-state index contributed by atoms with van der Waals surface area (Å²) in [6.45, 7) is 0. The van der Waals surface area contributed by atoms with Crippen molar-refractivity contribution >= 4 is 5.97 Å². The molecule has 5 heteroatoms. The van der Waals surface area contributed by atoms with Gasteiger partial charge in [0.25, 0.3) is 0 Å². The molecule has 2 aromatic rings. The van der Waals surface area contributed by atoms with E-state index >= 15 is 0 Å². The normalized spacial score (nSPS) is 12.1. The van der Waals surface area contributed by atoms with Crippen molar-refractivity contribution in [3.8, 4) is 11.1 Å². The van der Waals surface area contributed by atoms with Crippen molar-refractivity contribution in [3.05, 3.63) is 59.9 Å². The number of aliphatic carboxylic acids is 1. The number of carbonyl (C=O) groups is 1. The number of halogens is 1. The Morgan fingerprint density at radius 2 is 1.60 bits per heavy atom. The highest BCUT2D eigenvalue weighted by atomic mass is 19.1. The number of carboxylic acids is 1. The van der Waals surface area contributed by atoms with Crippen LogP contribution in [0.4, 0.5) is 4.39 Å². The fourth-order valence-electron chi connectivity index (χ4n) is 1.88. The van der Waals surface area contributed by atoms with Crippen LogP contribution >= 0.6 is 0 Å². The first kappa shape index (κ1) is 14.2. The molecule has 104 valence electrons. The highest BCUT2D eigenvalue weighted by molar-refractivity contribution is 5.72. The van der Waals surface area contributed by atoms with E-state index in [-0.39, 0.29) is 12.2 Å². The van der Waals surface area contributed by atoms with Gasteiger partial charge in [-0.1, -0.05) is 36.4 Å². The van der Waals surface area contributed by atoms with E-state index in [0.29, 0.717) is 0 Å². The van der Waals surface area contributed by atoms with Crippen LogP contribution in [-0.4, -0.2) is 17.2 Å². The fourth-order valence-corrected chi connectivity index (χ4v) is 1.88. The van der Waals surface area contributed by atoms with Gasteiger partial charge in [0.2, 0.25) is 0 Å². The second-order valence-corrected chi connectivity index (χ2v) is 4.37. The molecule has 0 aliphatic heterocycles. The Morgan fingerprint density at radius 3 is 2.05 bits per heavy atom. The van der Waals surface area contributed by atoms with E-state index in [1.165, 1.54) is 12.1 Å². The zero-order chi connectivity index (χ0) is 14.5. The SMILES string of the molecule is NOC(Cc1ccc(-c2ccc(F)cc2)cc1)C(=O)O. The summed E-state index contributed by atoms with van der Waals surface area (Å²) < 4.78 is 12.8. The summed E-state index contributed by atoms with van der Waals surface area (Å²) in [5.41, 5.74) is 2.62. The van der Waals surface area contributed by atoms with E-state index in [0.717, 1.165) is 16.7 Å². The highest BCUT2D eigenvalue weighted by Crippen LogP contribution is 2.20. The molecule has 0 fully saturated rings. The van der Waals surface area contributed by atoms with Crippen LogP contribution in [-0.2, 0) is 16.1 Å². The summed E-state index contributed by atoms with van der Waals surface area (Å²) >= 11 is 0. The van der Waals surface area contributed by atoms with Gasteiger partial charge in [-0.05, 0) is 28.8 Å². The summed E-state index contributed by atoms with van der Waals surface area (Å²) in [5.74, 6) is 3.56. The van der Waals surface area contributed by atoms with Crippen LogP contribution in [0, 0.1) is 5.82 Å². The van der Waals surface area contributed by atoms with E-state index in [1.807, 2.05) is 12.1 Å². The van der Waals surface area contributed by atoms with Gasteiger partial charge in [0.15, 0.2) is 6.10 Å². The lowest BCUT2D eigenvalue weighted by Gasteiger charge is -2.10. The number of nitrogens with two attached hydrogens (primary N) is 1. The van der Waals surface area contributed by atoms with Gasteiger partial charge in [0.1, 0.15) is 5.82 Å². The van der Waals surface area contributed by atoms with Gasteiger partial charge >= 0.3 is 5.97 Å². The summed E-state index contributed by atoms with van der Waals surface area (Å²) in [5, 5.41) is 8.85. The maximum atomic E-state index is 12.8. The van der Waals surface area contributed by atoms with E-state index in [1.54, 1.807) is 24.3 Å². The first-order valence-corrected chi connectivity index (χ1v) is 6.03. The molecule has 3 N–H and O–H groups in total. The molecule has 0 saturated carbocycles. The molecular formula is C15H14FNO3. The zero-order valence-electron chi connectivity index (χ0n) is 10.6. The average molecular weight is 275 g/mol. The van der Waals surface area contributed by atoms with Gasteiger partial charge in [-0.2, -0.15) is 0 Å². The predicted molar refractivity (Wildman–Crippen MR) is 72.2 cm³/mol. The van der Waals surface area contributed by atoms with Crippen molar-refractivity contribution in [3.63, 3.8) is 0 Å². The second kappa shape index (κ2) is 6.27.